The molecule has 0 spiro atoms. The van der Waals surface area contributed by atoms with Crippen LogP contribution in [-0.4, -0.2) is 75.9 Å². The molecule has 2 aliphatic heterocycles. The molecule has 5 rings (SSSR count). The van der Waals surface area contributed by atoms with Crippen LogP contribution in [0.5, 0.6) is 11.6 Å². The minimum absolute atomic E-state index is 0.00591. The number of hydrogen-bond donors (Lipinski definition) is 2. The summed E-state index contributed by atoms with van der Waals surface area (Å²) in [6.45, 7) is 7.22. The summed E-state index contributed by atoms with van der Waals surface area (Å²) < 4.78 is 17.4. The summed E-state index contributed by atoms with van der Waals surface area (Å²) >= 11 is 0. The van der Waals surface area contributed by atoms with E-state index in [-0.39, 0.29) is 24.4 Å². The minimum atomic E-state index is -1.16. The van der Waals surface area contributed by atoms with Gasteiger partial charge in [0.15, 0.2) is 0 Å². The summed E-state index contributed by atoms with van der Waals surface area (Å²) in [4.78, 5) is 50.0. The van der Waals surface area contributed by atoms with E-state index in [1.165, 1.54) is 4.90 Å². The van der Waals surface area contributed by atoms with Crippen molar-refractivity contribution in [1.82, 2.24) is 20.2 Å². The first kappa shape index (κ1) is 28.6. The van der Waals surface area contributed by atoms with Crippen LogP contribution in [0.2, 0.25) is 0 Å². The Hall–Kier alpha value is -3.89. The molecule has 1 aromatic carbocycles. The Morgan fingerprint density at radius 3 is 2.63 bits per heavy atom. The number of carbonyl (C=O) groups is 3. The number of methoxy groups -OCH3 is 1. The molecule has 0 unspecified atom stereocenters. The van der Waals surface area contributed by atoms with E-state index in [0.717, 1.165) is 25.7 Å². The summed E-state index contributed by atoms with van der Waals surface area (Å²) in [6, 6.07) is 3.25. The van der Waals surface area contributed by atoms with Crippen LogP contribution in [0, 0.1) is 17.3 Å². The summed E-state index contributed by atoms with van der Waals surface area (Å²) in [7, 11) is 1.57. The number of amides is 2. The van der Waals surface area contributed by atoms with Gasteiger partial charge in [0.25, 0.3) is 0 Å². The van der Waals surface area contributed by atoms with Gasteiger partial charge in [-0.05, 0) is 55.2 Å². The molecule has 3 aliphatic rings. The van der Waals surface area contributed by atoms with E-state index in [2.05, 4.69) is 5.32 Å². The fourth-order valence-electron chi connectivity index (χ4n) is 5.65. The topological polar surface area (TPSA) is 140 Å². The molecule has 2 fully saturated rings. The number of nitrogens with zero attached hydrogens (tertiary/aromatic N) is 3. The van der Waals surface area contributed by atoms with Gasteiger partial charge < -0.3 is 29.5 Å². The summed E-state index contributed by atoms with van der Waals surface area (Å²) in [6.07, 6.45) is 5.77. The molecule has 0 radical (unpaired) electrons. The molecule has 6 atom stereocenters. The van der Waals surface area contributed by atoms with E-state index >= 15 is 0 Å². The number of benzene rings is 1. The van der Waals surface area contributed by atoms with Crippen LogP contribution >= 0.6 is 0 Å². The molecule has 2 N–H and O–H groups in total. The third kappa shape index (κ3) is 6.08. The standard InChI is InChI=1S/C30H38N4O7/c1-16-23-15-34(24(16)28(36)37)27(35)25(30(2,3)4)33-29(38)41-22-13-17(22)9-7-6-8-10-20-26(40-23)32-21-14-18(39-5)11-12-19(21)31-20/h8,10-12,14,16-17,22-25H,6-7,9,13,15H2,1-5H3,(H,33,38)(H,36,37)/b10-8+/t16-,17-,22-,23+,24+,25-/m1/s1. The number of rotatable bonds is 2. The average Bonchev–Trinajstić information content (AvgIpc) is 3.56. The van der Waals surface area contributed by atoms with Crippen molar-refractivity contribution in [2.24, 2.45) is 17.3 Å². The van der Waals surface area contributed by atoms with Crippen molar-refractivity contribution in [1.29, 1.82) is 0 Å². The van der Waals surface area contributed by atoms with Gasteiger partial charge in [0.1, 0.15) is 35.7 Å². The number of hydrogen-bond acceptors (Lipinski definition) is 8. The zero-order chi connectivity index (χ0) is 29.5. The number of aliphatic carboxylic acids is 1. The average molecular weight is 567 g/mol. The van der Waals surface area contributed by atoms with E-state index in [1.807, 2.05) is 45.1 Å². The van der Waals surface area contributed by atoms with Crippen LogP contribution in [0.1, 0.15) is 59.1 Å². The zero-order valence-corrected chi connectivity index (χ0v) is 24.1. The summed E-state index contributed by atoms with van der Waals surface area (Å²) in [5.74, 6) is -1.05. The van der Waals surface area contributed by atoms with Gasteiger partial charge in [0.05, 0.1) is 24.7 Å². The molecule has 2 amide bonds. The fourth-order valence-corrected chi connectivity index (χ4v) is 5.65. The number of allylic oxidation sites excluding steroid dienone is 1. The first-order valence-electron chi connectivity index (χ1n) is 14.2. The van der Waals surface area contributed by atoms with Crippen molar-refractivity contribution < 1.29 is 33.7 Å². The van der Waals surface area contributed by atoms with Gasteiger partial charge in [-0.15, -0.1) is 0 Å². The van der Waals surface area contributed by atoms with Crippen LogP contribution in [0.4, 0.5) is 4.79 Å². The molecule has 1 aliphatic carbocycles. The van der Waals surface area contributed by atoms with Crippen LogP contribution in [0.25, 0.3) is 17.1 Å². The molecule has 11 nitrogen and oxygen atoms in total. The molecule has 220 valence electrons. The number of carboxylic acid groups (broad SMARTS) is 1. The molecular weight excluding hydrogens is 528 g/mol. The first-order valence-corrected chi connectivity index (χ1v) is 14.2. The number of nitrogens with one attached hydrogen (secondary N) is 1. The van der Waals surface area contributed by atoms with Crippen LogP contribution < -0.4 is 14.8 Å². The van der Waals surface area contributed by atoms with E-state index in [0.29, 0.717) is 22.5 Å². The van der Waals surface area contributed by atoms with Gasteiger partial charge in [-0.1, -0.05) is 33.8 Å². The largest absolute Gasteiger partial charge is 0.497 e. The van der Waals surface area contributed by atoms with E-state index in [9.17, 15) is 19.5 Å². The highest BCUT2D eigenvalue weighted by Gasteiger charge is 2.50. The Balaban J connectivity index is 1.54. The van der Waals surface area contributed by atoms with Crippen molar-refractivity contribution in [3.63, 3.8) is 0 Å². The summed E-state index contributed by atoms with van der Waals surface area (Å²) in [5, 5.41) is 12.9. The van der Waals surface area contributed by atoms with Crippen molar-refractivity contribution >= 4 is 35.1 Å². The van der Waals surface area contributed by atoms with E-state index in [4.69, 9.17) is 24.2 Å². The highest BCUT2D eigenvalue weighted by Crippen LogP contribution is 2.39. The maximum Gasteiger partial charge on any atom is 0.408 e. The fraction of sp³-hybridized carbons (Fsp3) is 0.567. The predicted octanol–water partition coefficient (Wildman–Crippen LogP) is 4.04. The SMILES string of the molecule is COc1ccc2nc3c(nc2c1)O[C@H]1CN(C(=O)[C@H](C(C)(C)C)NC(=O)O[C@@H]2C[C@H]2CCC/C=C/3)[C@H](C(=O)O)[C@@H]1C. The van der Waals surface area contributed by atoms with Gasteiger partial charge >= 0.3 is 12.1 Å². The second kappa shape index (κ2) is 11.2. The molecule has 2 bridgehead atoms. The molecule has 41 heavy (non-hydrogen) atoms. The highest BCUT2D eigenvalue weighted by atomic mass is 16.6. The highest BCUT2D eigenvalue weighted by molar-refractivity contribution is 5.90. The number of ether oxygens (including phenoxy) is 3. The Morgan fingerprint density at radius 2 is 1.93 bits per heavy atom. The molecule has 1 saturated carbocycles. The lowest BCUT2D eigenvalue weighted by molar-refractivity contribution is -0.151. The Morgan fingerprint density at radius 1 is 1.15 bits per heavy atom. The van der Waals surface area contributed by atoms with Crippen molar-refractivity contribution in [3.05, 3.63) is 30.0 Å². The number of carbonyl (C=O) groups excluding carboxylic acids is 2. The first-order chi connectivity index (χ1) is 19.5. The van der Waals surface area contributed by atoms with Gasteiger partial charge in [-0.3, -0.25) is 4.79 Å². The molecule has 1 aromatic heterocycles. The number of aromatic nitrogens is 2. The van der Waals surface area contributed by atoms with Gasteiger partial charge in [0.2, 0.25) is 11.8 Å². The lowest BCUT2D eigenvalue weighted by atomic mass is 9.85. The second-order valence-corrected chi connectivity index (χ2v) is 12.3. The molecule has 2 aromatic rings. The normalized spacial score (nSPS) is 29.6. The minimum Gasteiger partial charge on any atom is -0.497 e. The Labute approximate surface area is 239 Å². The van der Waals surface area contributed by atoms with E-state index in [1.54, 1.807) is 20.1 Å². The predicted molar refractivity (Wildman–Crippen MR) is 150 cm³/mol. The van der Waals surface area contributed by atoms with Crippen molar-refractivity contribution in [3.8, 4) is 11.6 Å². The molecule has 3 heterocycles. The quantitative estimate of drug-likeness (QED) is 0.551. The van der Waals surface area contributed by atoms with Crippen molar-refractivity contribution in [2.75, 3.05) is 13.7 Å². The van der Waals surface area contributed by atoms with Gasteiger partial charge in [-0.25, -0.2) is 19.6 Å². The van der Waals surface area contributed by atoms with Gasteiger partial charge in [-0.2, -0.15) is 0 Å². The van der Waals surface area contributed by atoms with Crippen LogP contribution in [0.15, 0.2) is 24.3 Å². The Kier molecular flexibility index (Phi) is 7.80. The zero-order valence-electron chi connectivity index (χ0n) is 24.1. The van der Waals surface area contributed by atoms with Crippen molar-refractivity contribution in [2.45, 2.75) is 77.7 Å². The maximum absolute atomic E-state index is 13.9. The smallest absolute Gasteiger partial charge is 0.408 e. The number of alkyl carbamates (subject to hydrolysis) is 1. The van der Waals surface area contributed by atoms with Gasteiger partial charge in [0, 0.05) is 12.0 Å². The number of carboxylic acids is 1. The Bertz CT molecular complexity index is 1370. The summed E-state index contributed by atoms with van der Waals surface area (Å²) in [5.41, 5.74) is 1.06. The lowest BCUT2D eigenvalue weighted by Gasteiger charge is -2.34. The lowest BCUT2D eigenvalue weighted by Crippen LogP contribution is -2.57. The third-order valence-corrected chi connectivity index (χ3v) is 8.17. The molecule has 11 heteroatoms. The monoisotopic (exact) mass is 566 g/mol. The molecular formula is C30H38N4O7. The van der Waals surface area contributed by atoms with Crippen LogP contribution in [0.3, 0.4) is 0 Å². The number of fused-ring (bicyclic) bond motifs is 5. The maximum atomic E-state index is 13.9. The van der Waals surface area contributed by atoms with E-state index < -0.39 is 47.5 Å². The third-order valence-electron chi connectivity index (χ3n) is 8.17. The second-order valence-electron chi connectivity index (χ2n) is 12.3. The van der Waals surface area contributed by atoms with Crippen LogP contribution in [-0.2, 0) is 14.3 Å². The molecule has 1 saturated heterocycles.